The van der Waals surface area contributed by atoms with Gasteiger partial charge in [0, 0.05) is 12.1 Å². The number of hydrogen-bond acceptors (Lipinski definition) is 2. The average molecular weight is 183 g/mol. The van der Waals surface area contributed by atoms with E-state index >= 15 is 0 Å². The van der Waals surface area contributed by atoms with E-state index in [1.54, 1.807) is 0 Å². The lowest BCUT2D eigenvalue weighted by atomic mass is 10.1. The predicted octanol–water partition coefficient (Wildman–Crippen LogP) is 1.50. The summed E-state index contributed by atoms with van der Waals surface area (Å²) >= 11 is 0. The number of aliphatic carboxylic acids is 1. The molecule has 0 spiro atoms. The van der Waals surface area contributed by atoms with Gasteiger partial charge in [0.25, 0.3) is 0 Å². The maximum atomic E-state index is 10.6. The maximum Gasteiger partial charge on any atom is 0.304 e. The highest BCUT2D eigenvalue weighted by atomic mass is 16.4. The molecular weight excluding hydrogens is 166 g/mol. The van der Waals surface area contributed by atoms with Gasteiger partial charge in [0.2, 0.25) is 0 Å². The lowest BCUT2D eigenvalue weighted by Crippen LogP contribution is -2.37. The number of rotatable bonds is 4. The summed E-state index contributed by atoms with van der Waals surface area (Å²) in [7, 11) is 0. The van der Waals surface area contributed by atoms with Crippen molar-refractivity contribution in [2.75, 3.05) is 6.54 Å². The third kappa shape index (κ3) is 2.56. The standard InChI is InChI=1S/C10H17NO2/c1-3-8(2)11-6-4-5-9(11)7-10(12)13/h3,8-9H,1,4-7H2,2H3,(H,12,13). The summed E-state index contributed by atoms with van der Waals surface area (Å²) < 4.78 is 0. The van der Waals surface area contributed by atoms with Gasteiger partial charge in [0.15, 0.2) is 0 Å². The smallest absolute Gasteiger partial charge is 0.304 e. The summed E-state index contributed by atoms with van der Waals surface area (Å²) in [6, 6.07) is 0.511. The van der Waals surface area contributed by atoms with Crippen LogP contribution >= 0.6 is 0 Å². The third-order valence-corrected chi connectivity index (χ3v) is 2.70. The molecule has 0 aromatic heterocycles. The van der Waals surface area contributed by atoms with E-state index in [1.807, 2.05) is 6.08 Å². The van der Waals surface area contributed by atoms with Crippen LogP contribution in [0.2, 0.25) is 0 Å². The average Bonchev–Trinajstić information content (AvgIpc) is 2.50. The number of carbonyl (C=O) groups is 1. The van der Waals surface area contributed by atoms with Gasteiger partial charge in [-0.25, -0.2) is 0 Å². The van der Waals surface area contributed by atoms with Crippen molar-refractivity contribution in [2.45, 2.75) is 38.3 Å². The molecule has 0 radical (unpaired) electrons. The van der Waals surface area contributed by atoms with E-state index in [0.29, 0.717) is 6.04 Å². The van der Waals surface area contributed by atoms with Crippen molar-refractivity contribution in [3.05, 3.63) is 12.7 Å². The van der Waals surface area contributed by atoms with Crippen molar-refractivity contribution in [1.82, 2.24) is 4.90 Å². The first-order valence-corrected chi connectivity index (χ1v) is 4.75. The van der Waals surface area contributed by atoms with Crippen LogP contribution in [0, 0.1) is 0 Å². The summed E-state index contributed by atoms with van der Waals surface area (Å²) in [5.41, 5.74) is 0. The number of hydrogen-bond donors (Lipinski definition) is 1. The Hall–Kier alpha value is -0.830. The van der Waals surface area contributed by atoms with E-state index in [2.05, 4.69) is 18.4 Å². The van der Waals surface area contributed by atoms with Crippen LogP contribution in [-0.2, 0) is 4.79 Å². The number of nitrogens with zero attached hydrogens (tertiary/aromatic N) is 1. The molecule has 0 bridgehead atoms. The number of carboxylic acid groups (broad SMARTS) is 1. The van der Waals surface area contributed by atoms with Crippen LogP contribution in [0.4, 0.5) is 0 Å². The molecule has 1 aliphatic heterocycles. The van der Waals surface area contributed by atoms with Crippen molar-refractivity contribution < 1.29 is 9.90 Å². The highest BCUT2D eigenvalue weighted by Gasteiger charge is 2.28. The van der Waals surface area contributed by atoms with Gasteiger partial charge >= 0.3 is 5.97 Å². The Bertz CT molecular complexity index is 203. The largest absolute Gasteiger partial charge is 0.481 e. The normalized spacial score (nSPS) is 25.8. The second-order valence-electron chi connectivity index (χ2n) is 3.61. The Morgan fingerprint density at radius 3 is 3.08 bits per heavy atom. The summed E-state index contributed by atoms with van der Waals surface area (Å²) in [6.07, 6.45) is 4.25. The van der Waals surface area contributed by atoms with Gasteiger partial charge in [0.05, 0.1) is 6.42 Å². The van der Waals surface area contributed by atoms with E-state index in [9.17, 15) is 4.79 Å². The van der Waals surface area contributed by atoms with E-state index in [1.165, 1.54) is 0 Å². The lowest BCUT2D eigenvalue weighted by molar-refractivity contribution is -0.138. The Labute approximate surface area is 79.0 Å². The molecule has 74 valence electrons. The van der Waals surface area contributed by atoms with Crippen LogP contribution < -0.4 is 0 Å². The first-order chi connectivity index (χ1) is 6.15. The van der Waals surface area contributed by atoms with Crippen molar-refractivity contribution in [3.8, 4) is 0 Å². The molecule has 3 heteroatoms. The molecular formula is C10H17NO2. The van der Waals surface area contributed by atoms with Gasteiger partial charge in [-0.05, 0) is 26.3 Å². The molecule has 13 heavy (non-hydrogen) atoms. The summed E-state index contributed by atoms with van der Waals surface area (Å²) in [5, 5.41) is 8.69. The van der Waals surface area contributed by atoms with Crippen LogP contribution in [-0.4, -0.2) is 34.6 Å². The fraction of sp³-hybridized carbons (Fsp3) is 0.700. The molecule has 1 N–H and O–H groups in total. The Kier molecular flexibility index (Phi) is 3.48. The fourth-order valence-electron chi connectivity index (χ4n) is 1.95. The molecule has 1 fully saturated rings. The molecule has 1 aliphatic rings. The second kappa shape index (κ2) is 4.42. The molecule has 3 nitrogen and oxygen atoms in total. The molecule has 1 rings (SSSR count). The molecule has 0 aromatic rings. The summed E-state index contributed by atoms with van der Waals surface area (Å²) in [6.45, 7) is 6.80. The van der Waals surface area contributed by atoms with Gasteiger partial charge in [-0.3, -0.25) is 9.69 Å². The minimum atomic E-state index is -0.701. The molecule has 0 amide bonds. The molecule has 0 aromatic carbocycles. The minimum absolute atomic E-state index is 0.213. The van der Waals surface area contributed by atoms with Crippen molar-refractivity contribution >= 4 is 5.97 Å². The Morgan fingerprint density at radius 1 is 1.85 bits per heavy atom. The monoisotopic (exact) mass is 183 g/mol. The minimum Gasteiger partial charge on any atom is -0.481 e. The van der Waals surface area contributed by atoms with Gasteiger partial charge in [-0.2, -0.15) is 0 Å². The predicted molar refractivity (Wildman–Crippen MR) is 51.6 cm³/mol. The zero-order chi connectivity index (χ0) is 9.84. The second-order valence-corrected chi connectivity index (χ2v) is 3.61. The van der Waals surface area contributed by atoms with Crippen LogP contribution in [0.3, 0.4) is 0 Å². The fourth-order valence-corrected chi connectivity index (χ4v) is 1.95. The van der Waals surface area contributed by atoms with Crippen LogP contribution in [0.5, 0.6) is 0 Å². The summed E-state index contributed by atoms with van der Waals surface area (Å²) in [4.78, 5) is 12.8. The van der Waals surface area contributed by atoms with Gasteiger partial charge < -0.3 is 5.11 Å². The van der Waals surface area contributed by atoms with Crippen molar-refractivity contribution in [3.63, 3.8) is 0 Å². The van der Waals surface area contributed by atoms with Crippen molar-refractivity contribution in [2.24, 2.45) is 0 Å². The maximum absolute atomic E-state index is 10.6. The molecule has 2 atom stereocenters. The van der Waals surface area contributed by atoms with E-state index < -0.39 is 5.97 Å². The third-order valence-electron chi connectivity index (χ3n) is 2.70. The van der Waals surface area contributed by atoms with Crippen LogP contribution in [0.1, 0.15) is 26.2 Å². The first-order valence-electron chi connectivity index (χ1n) is 4.75. The van der Waals surface area contributed by atoms with Crippen LogP contribution in [0.25, 0.3) is 0 Å². The zero-order valence-corrected chi connectivity index (χ0v) is 8.07. The van der Waals surface area contributed by atoms with Crippen LogP contribution in [0.15, 0.2) is 12.7 Å². The Morgan fingerprint density at radius 2 is 2.54 bits per heavy atom. The lowest BCUT2D eigenvalue weighted by Gasteiger charge is -2.27. The molecule has 0 saturated carbocycles. The van der Waals surface area contributed by atoms with E-state index in [-0.39, 0.29) is 12.5 Å². The van der Waals surface area contributed by atoms with Gasteiger partial charge in [-0.1, -0.05) is 6.08 Å². The van der Waals surface area contributed by atoms with E-state index in [4.69, 9.17) is 5.11 Å². The Balaban J connectivity index is 2.52. The van der Waals surface area contributed by atoms with E-state index in [0.717, 1.165) is 19.4 Å². The number of likely N-dealkylation sites (tertiary alicyclic amines) is 1. The summed E-state index contributed by atoms with van der Waals surface area (Å²) in [5.74, 6) is -0.701. The van der Waals surface area contributed by atoms with Gasteiger partial charge in [0.1, 0.15) is 0 Å². The van der Waals surface area contributed by atoms with Crippen molar-refractivity contribution in [1.29, 1.82) is 0 Å². The molecule has 1 saturated heterocycles. The number of carboxylic acids is 1. The quantitative estimate of drug-likeness (QED) is 0.671. The SMILES string of the molecule is C=CC(C)N1CCCC1CC(=O)O. The molecule has 2 unspecified atom stereocenters. The zero-order valence-electron chi connectivity index (χ0n) is 8.07. The topological polar surface area (TPSA) is 40.5 Å². The highest BCUT2D eigenvalue weighted by Crippen LogP contribution is 2.22. The van der Waals surface area contributed by atoms with Gasteiger partial charge in [-0.15, -0.1) is 6.58 Å². The highest BCUT2D eigenvalue weighted by molar-refractivity contribution is 5.67. The molecule has 0 aliphatic carbocycles. The first kappa shape index (κ1) is 10.3. The molecule has 1 heterocycles.